The summed E-state index contributed by atoms with van der Waals surface area (Å²) in [6.07, 6.45) is 0.385. The van der Waals surface area contributed by atoms with Crippen molar-refractivity contribution >= 4 is 5.91 Å². The summed E-state index contributed by atoms with van der Waals surface area (Å²) in [5, 5.41) is 2.86. The second-order valence-corrected chi connectivity index (χ2v) is 5.78. The molecule has 1 unspecified atom stereocenters. The summed E-state index contributed by atoms with van der Waals surface area (Å²) < 4.78 is 10.8. The smallest absolute Gasteiger partial charge is 0.224 e. The molecule has 0 rings (SSSR count). The van der Waals surface area contributed by atoms with Crippen molar-refractivity contribution < 1.29 is 14.3 Å². The molecule has 0 bridgehead atoms. The van der Waals surface area contributed by atoms with E-state index in [1.54, 1.807) is 0 Å². The Morgan fingerprint density at radius 1 is 1.21 bits per heavy atom. The lowest BCUT2D eigenvalue weighted by atomic mass is 9.84. The van der Waals surface area contributed by atoms with Crippen LogP contribution in [0, 0.1) is 11.3 Å². The van der Waals surface area contributed by atoms with Crippen LogP contribution >= 0.6 is 0 Å². The summed E-state index contributed by atoms with van der Waals surface area (Å²) in [7, 11) is 0. The van der Waals surface area contributed by atoms with E-state index in [0.717, 1.165) is 6.42 Å². The van der Waals surface area contributed by atoms with Crippen molar-refractivity contribution in [2.75, 3.05) is 26.3 Å². The average Bonchev–Trinajstić information content (AvgIpc) is 2.32. The van der Waals surface area contributed by atoms with Crippen molar-refractivity contribution in [2.45, 2.75) is 47.3 Å². The topological polar surface area (TPSA) is 73.6 Å². The van der Waals surface area contributed by atoms with Crippen molar-refractivity contribution in [1.29, 1.82) is 0 Å². The van der Waals surface area contributed by atoms with Crippen LogP contribution in [0.3, 0.4) is 0 Å². The molecule has 1 amide bonds. The van der Waals surface area contributed by atoms with Crippen LogP contribution in [0.1, 0.15) is 41.0 Å². The van der Waals surface area contributed by atoms with Gasteiger partial charge in [0.2, 0.25) is 5.91 Å². The SMILES string of the molecule is CCOC(CNC(=O)C(CN)CC(C)(C)C)OCC. The van der Waals surface area contributed by atoms with Gasteiger partial charge in [0.05, 0.1) is 12.5 Å². The van der Waals surface area contributed by atoms with Crippen LogP contribution in [-0.4, -0.2) is 38.5 Å². The number of carbonyl (C=O) groups is 1. The van der Waals surface area contributed by atoms with E-state index in [1.807, 2.05) is 13.8 Å². The van der Waals surface area contributed by atoms with Crippen molar-refractivity contribution in [1.82, 2.24) is 5.32 Å². The average molecular weight is 274 g/mol. The van der Waals surface area contributed by atoms with Gasteiger partial charge in [-0.05, 0) is 25.7 Å². The first-order valence-electron chi connectivity index (χ1n) is 7.05. The van der Waals surface area contributed by atoms with E-state index in [1.165, 1.54) is 0 Å². The van der Waals surface area contributed by atoms with Gasteiger partial charge in [-0.2, -0.15) is 0 Å². The lowest BCUT2D eigenvalue weighted by molar-refractivity contribution is -0.142. The zero-order valence-corrected chi connectivity index (χ0v) is 13.0. The standard InChI is InChI=1S/C14H30N2O3/c1-6-18-12(19-7-2)10-16-13(17)11(9-15)8-14(3,4)5/h11-12H,6-10,15H2,1-5H3,(H,16,17). The molecule has 5 nitrogen and oxygen atoms in total. The van der Waals surface area contributed by atoms with Crippen molar-refractivity contribution in [3.8, 4) is 0 Å². The Labute approximate surface area is 117 Å². The molecule has 0 aromatic rings. The van der Waals surface area contributed by atoms with Crippen LogP contribution in [0.5, 0.6) is 0 Å². The first-order valence-corrected chi connectivity index (χ1v) is 7.05. The minimum absolute atomic E-state index is 0.0261. The van der Waals surface area contributed by atoms with Crippen molar-refractivity contribution in [3.05, 3.63) is 0 Å². The van der Waals surface area contributed by atoms with E-state index in [-0.39, 0.29) is 23.5 Å². The van der Waals surface area contributed by atoms with Crippen LogP contribution in [0.2, 0.25) is 0 Å². The normalized spacial score (nSPS) is 13.6. The van der Waals surface area contributed by atoms with E-state index in [0.29, 0.717) is 26.3 Å². The Morgan fingerprint density at radius 3 is 2.11 bits per heavy atom. The van der Waals surface area contributed by atoms with Crippen LogP contribution in [0.15, 0.2) is 0 Å². The van der Waals surface area contributed by atoms with Gasteiger partial charge in [0.1, 0.15) is 0 Å². The molecule has 0 aromatic heterocycles. The molecule has 0 aromatic carbocycles. The molecule has 5 heteroatoms. The number of amides is 1. The molecular weight excluding hydrogens is 244 g/mol. The summed E-state index contributed by atoms with van der Waals surface area (Å²) >= 11 is 0. The third-order valence-electron chi connectivity index (χ3n) is 2.66. The third-order valence-corrected chi connectivity index (χ3v) is 2.66. The molecule has 0 saturated carbocycles. The summed E-state index contributed by atoms with van der Waals surface area (Å²) in [6.45, 7) is 11.9. The fraction of sp³-hybridized carbons (Fsp3) is 0.929. The van der Waals surface area contributed by atoms with Crippen LogP contribution in [0.4, 0.5) is 0 Å². The van der Waals surface area contributed by atoms with Gasteiger partial charge in [-0.3, -0.25) is 4.79 Å². The largest absolute Gasteiger partial charge is 0.351 e. The first-order chi connectivity index (χ1) is 8.84. The highest BCUT2D eigenvalue weighted by atomic mass is 16.7. The van der Waals surface area contributed by atoms with Gasteiger partial charge in [-0.1, -0.05) is 20.8 Å². The Hall–Kier alpha value is -0.650. The van der Waals surface area contributed by atoms with E-state index in [4.69, 9.17) is 15.2 Å². The monoisotopic (exact) mass is 274 g/mol. The maximum Gasteiger partial charge on any atom is 0.224 e. The van der Waals surface area contributed by atoms with E-state index >= 15 is 0 Å². The lowest BCUT2D eigenvalue weighted by Crippen LogP contribution is -2.41. The summed E-state index contributed by atoms with van der Waals surface area (Å²) in [5.74, 6) is -0.189. The molecule has 0 aliphatic heterocycles. The van der Waals surface area contributed by atoms with E-state index in [2.05, 4.69) is 26.1 Å². The summed E-state index contributed by atoms with van der Waals surface area (Å²) in [6, 6.07) is 0. The maximum absolute atomic E-state index is 12.1. The number of hydrogen-bond donors (Lipinski definition) is 2. The van der Waals surface area contributed by atoms with Crippen LogP contribution < -0.4 is 11.1 Å². The Kier molecular flexibility index (Phi) is 8.97. The van der Waals surface area contributed by atoms with Crippen LogP contribution in [0.25, 0.3) is 0 Å². The van der Waals surface area contributed by atoms with Crippen molar-refractivity contribution in [3.63, 3.8) is 0 Å². The van der Waals surface area contributed by atoms with E-state index in [9.17, 15) is 4.79 Å². The predicted molar refractivity (Wildman–Crippen MR) is 76.7 cm³/mol. The van der Waals surface area contributed by atoms with Crippen molar-refractivity contribution in [2.24, 2.45) is 17.1 Å². The number of hydrogen-bond acceptors (Lipinski definition) is 4. The van der Waals surface area contributed by atoms with Gasteiger partial charge in [-0.15, -0.1) is 0 Å². The lowest BCUT2D eigenvalue weighted by Gasteiger charge is -2.25. The van der Waals surface area contributed by atoms with Crippen LogP contribution in [-0.2, 0) is 14.3 Å². The minimum Gasteiger partial charge on any atom is -0.351 e. The van der Waals surface area contributed by atoms with Gasteiger partial charge in [0, 0.05) is 19.8 Å². The number of nitrogens with two attached hydrogens (primary N) is 1. The van der Waals surface area contributed by atoms with E-state index < -0.39 is 0 Å². The molecule has 0 fully saturated rings. The highest BCUT2D eigenvalue weighted by Crippen LogP contribution is 2.23. The third kappa shape index (κ3) is 8.97. The molecular formula is C14H30N2O3. The number of rotatable bonds is 9. The number of nitrogens with one attached hydrogen (secondary N) is 1. The zero-order chi connectivity index (χ0) is 14.9. The van der Waals surface area contributed by atoms with Gasteiger partial charge in [-0.25, -0.2) is 0 Å². The fourth-order valence-corrected chi connectivity index (χ4v) is 1.89. The van der Waals surface area contributed by atoms with Gasteiger partial charge in [0.25, 0.3) is 0 Å². The molecule has 3 N–H and O–H groups in total. The molecule has 0 aliphatic carbocycles. The Bertz CT molecular complexity index is 246. The Morgan fingerprint density at radius 2 is 1.74 bits per heavy atom. The molecule has 1 atom stereocenters. The maximum atomic E-state index is 12.1. The Balaban J connectivity index is 4.24. The molecule has 0 spiro atoms. The molecule has 19 heavy (non-hydrogen) atoms. The zero-order valence-electron chi connectivity index (χ0n) is 13.0. The van der Waals surface area contributed by atoms with Gasteiger partial charge in [0.15, 0.2) is 6.29 Å². The minimum atomic E-state index is -0.382. The second-order valence-electron chi connectivity index (χ2n) is 5.78. The quantitative estimate of drug-likeness (QED) is 0.625. The fourth-order valence-electron chi connectivity index (χ4n) is 1.89. The number of carbonyl (C=O) groups excluding carboxylic acids is 1. The number of ether oxygens (including phenoxy) is 2. The van der Waals surface area contributed by atoms with Gasteiger partial charge < -0.3 is 20.5 Å². The van der Waals surface area contributed by atoms with Gasteiger partial charge >= 0.3 is 0 Å². The molecule has 0 heterocycles. The second kappa shape index (κ2) is 9.28. The highest BCUT2D eigenvalue weighted by molar-refractivity contribution is 5.78. The molecule has 0 aliphatic rings. The molecule has 0 saturated heterocycles. The predicted octanol–water partition coefficient (Wildman–Crippen LogP) is 1.51. The first kappa shape index (κ1) is 18.4. The molecule has 114 valence electrons. The summed E-state index contributed by atoms with van der Waals surface area (Å²) in [5.41, 5.74) is 5.77. The summed E-state index contributed by atoms with van der Waals surface area (Å²) in [4.78, 5) is 12.1. The molecule has 0 radical (unpaired) electrons. The highest BCUT2D eigenvalue weighted by Gasteiger charge is 2.24.